The van der Waals surface area contributed by atoms with E-state index in [2.05, 4.69) is 16.4 Å². The molecular weight excluding hydrogens is 240 g/mol. The SMILES string of the molecule is N#CC(=Cc1ccccc1)c1nc(C2CC2)cs1. The molecule has 0 radical (unpaired) electrons. The molecule has 1 aliphatic rings. The first kappa shape index (κ1) is 11.2. The van der Waals surface area contributed by atoms with Gasteiger partial charge in [0.25, 0.3) is 0 Å². The van der Waals surface area contributed by atoms with Crippen molar-refractivity contribution in [2.24, 2.45) is 0 Å². The van der Waals surface area contributed by atoms with Gasteiger partial charge in [-0.05, 0) is 24.5 Å². The Hall–Kier alpha value is -1.92. The summed E-state index contributed by atoms with van der Waals surface area (Å²) in [7, 11) is 0. The second kappa shape index (κ2) is 4.75. The second-order valence-electron chi connectivity index (χ2n) is 4.43. The fraction of sp³-hybridized carbons (Fsp3) is 0.200. The largest absolute Gasteiger partial charge is 0.240 e. The average Bonchev–Trinajstić information content (AvgIpc) is 3.16. The van der Waals surface area contributed by atoms with E-state index in [0.29, 0.717) is 11.5 Å². The molecule has 0 unspecified atom stereocenters. The molecule has 1 saturated carbocycles. The fourth-order valence-electron chi connectivity index (χ4n) is 1.83. The maximum atomic E-state index is 9.25. The van der Waals surface area contributed by atoms with Gasteiger partial charge in [0.15, 0.2) is 0 Å². The predicted octanol–water partition coefficient (Wildman–Crippen LogP) is 4.08. The van der Waals surface area contributed by atoms with E-state index in [1.165, 1.54) is 12.8 Å². The number of nitriles is 1. The predicted molar refractivity (Wildman–Crippen MR) is 74.0 cm³/mol. The zero-order chi connectivity index (χ0) is 12.4. The van der Waals surface area contributed by atoms with Crippen LogP contribution in [-0.4, -0.2) is 4.98 Å². The molecule has 0 aliphatic heterocycles. The number of hydrogen-bond donors (Lipinski definition) is 0. The van der Waals surface area contributed by atoms with Gasteiger partial charge < -0.3 is 0 Å². The number of thiazole rings is 1. The Labute approximate surface area is 110 Å². The molecule has 1 aromatic heterocycles. The van der Waals surface area contributed by atoms with Crippen LogP contribution < -0.4 is 0 Å². The molecule has 0 amide bonds. The first-order valence-electron chi connectivity index (χ1n) is 5.99. The highest BCUT2D eigenvalue weighted by Crippen LogP contribution is 2.40. The van der Waals surface area contributed by atoms with E-state index < -0.39 is 0 Å². The zero-order valence-electron chi connectivity index (χ0n) is 9.84. The lowest BCUT2D eigenvalue weighted by molar-refractivity contribution is 1.05. The number of nitrogens with zero attached hydrogens (tertiary/aromatic N) is 2. The maximum Gasteiger partial charge on any atom is 0.134 e. The Morgan fingerprint density at radius 3 is 2.78 bits per heavy atom. The van der Waals surface area contributed by atoms with Gasteiger partial charge in [0.05, 0.1) is 11.3 Å². The van der Waals surface area contributed by atoms with Gasteiger partial charge in [0, 0.05) is 11.3 Å². The van der Waals surface area contributed by atoms with Crippen LogP contribution >= 0.6 is 11.3 Å². The van der Waals surface area contributed by atoms with Crippen molar-refractivity contribution in [3.63, 3.8) is 0 Å². The minimum absolute atomic E-state index is 0.645. The summed E-state index contributed by atoms with van der Waals surface area (Å²) in [5.74, 6) is 0.645. The quantitative estimate of drug-likeness (QED) is 0.772. The molecule has 0 spiro atoms. The van der Waals surface area contributed by atoms with E-state index in [9.17, 15) is 5.26 Å². The Morgan fingerprint density at radius 1 is 1.33 bits per heavy atom. The first-order chi connectivity index (χ1) is 8.86. The smallest absolute Gasteiger partial charge is 0.134 e. The molecule has 0 saturated heterocycles. The van der Waals surface area contributed by atoms with Crippen LogP contribution in [0.25, 0.3) is 11.6 Å². The number of benzene rings is 1. The van der Waals surface area contributed by atoms with Gasteiger partial charge in [0.2, 0.25) is 0 Å². The number of rotatable bonds is 3. The molecule has 1 aromatic carbocycles. The van der Waals surface area contributed by atoms with Crippen LogP contribution in [0.3, 0.4) is 0 Å². The van der Waals surface area contributed by atoms with Crippen molar-refractivity contribution < 1.29 is 0 Å². The van der Waals surface area contributed by atoms with Crippen LogP contribution in [-0.2, 0) is 0 Å². The zero-order valence-corrected chi connectivity index (χ0v) is 10.7. The number of hydrogen-bond acceptors (Lipinski definition) is 3. The summed E-state index contributed by atoms with van der Waals surface area (Å²) in [6, 6.07) is 12.1. The lowest BCUT2D eigenvalue weighted by Gasteiger charge is -1.94. The highest BCUT2D eigenvalue weighted by molar-refractivity contribution is 7.11. The van der Waals surface area contributed by atoms with Crippen molar-refractivity contribution >= 4 is 23.0 Å². The molecule has 88 valence electrons. The van der Waals surface area contributed by atoms with Crippen LogP contribution in [0.4, 0.5) is 0 Å². The van der Waals surface area contributed by atoms with Crippen LogP contribution in [0, 0.1) is 11.3 Å². The van der Waals surface area contributed by atoms with E-state index >= 15 is 0 Å². The van der Waals surface area contributed by atoms with Gasteiger partial charge in [-0.2, -0.15) is 5.26 Å². The van der Waals surface area contributed by atoms with Crippen molar-refractivity contribution in [1.82, 2.24) is 4.98 Å². The van der Waals surface area contributed by atoms with Gasteiger partial charge >= 0.3 is 0 Å². The summed E-state index contributed by atoms with van der Waals surface area (Å²) in [5, 5.41) is 12.2. The molecule has 0 bridgehead atoms. The second-order valence-corrected chi connectivity index (χ2v) is 5.29. The molecule has 0 N–H and O–H groups in total. The molecule has 1 aliphatic carbocycles. The number of allylic oxidation sites excluding steroid dienone is 1. The Kier molecular flexibility index (Phi) is 2.95. The lowest BCUT2D eigenvalue weighted by Crippen LogP contribution is -1.83. The number of aromatic nitrogens is 1. The van der Waals surface area contributed by atoms with Crippen LogP contribution in [0.2, 0.25) is 0 Å². The minimum Gasteiger partial charge on any atom is -0.240 e. The summed E-state index contributed by atoms with van der Waals surface area (Å²) >= 11 is 1.57. The van der Waals surface area contributed by atoms with Crippen molar-refractivity contribution in [3.05, 3.63) is 52.0 Å². The topological polar surface area (TPSA) is 36.7 Å². The van der Waals surface area contributed by atoms with Gasteiger partial charge in [-0.25, -0.2) is 4.98 Å². The van der Waals surface area contributed by atoms with Gasteiger partial charge in [-0.15, -0.1) is 11.3 Å². The highest BCUT2D eigenvalue weighted by atomic mass is 32.1. The molecule has 3 heteroatoms. The summed E-state index contributed by atoms with van der Waals surface area (Å²) in [5.41, 5.74) is 2.85. The molecule has 1 fully saturated rings. The van der Waals surface area contributed by atoms with Crippen LogP contribution in [0.5, 0.6) is 0 Å². The maximum absolute atomic E-state index is 9.25. The van der Waals surface area contributed by atoms with Gasteiger partial charge in [-0.1, -0.05) is 30.3 Å². The minimum atomic E-state index is 0.645. The normalized spacial score (nSPS) is 15.4. The summed E-state index contributed by atoms with van der Waals surface area (Å²) in [6.07, 6.45) is 4.39. The van der Waals surface area contributed by atoms with Crippen molar-refractivity contribution in [1.29, 1.82) is 5.26 Å². The van der Waals surface area contributed by atoms with E-state index in [-0.39, 0.29) is 0 Å². The molecule has 1 heterocycles. The Bertz CT molecular complexity index is 615. The first-order valence-corrected chi connectivity index (χ1v) is 6.87. The van der Waals surface area contributed by atoms with E-state index in [0.717, 1.165) is 16.3 Å². The molecule has 0 atom stereocenters. The van der Waals surface area contributed by atoms with E-state index in [1.54, 1.807) is 11.3 Å². The standard InChI is InChI=1S/C15H12N2S/c16-9-13(8-11-4-2-1-3-5-11)15-17-14(10-18-15)12-6-7-12/h1-5,8,10,12H,6-7H2. The summed E-state index contributed by atoms with van der Waals surface area (Å²) in [6.45, 7) is 0. The van der Waals surface area contributed by atoms with Crippen molar-refractivity contribution in [2.75, 3.05) is 0 Å². The molecule has 2 aromatic rings. The van der Waals surface area contributed by atoms with E-state index in [1.807, 2.05) is 36.4 Å². The Balaban J connectivity index is 1.91. The van der Waals surface area contributed by atoms with Crippen molar-refractivity contribution in [2.45, 2.75) is 18.8 Å². The third kappa shape index (κ3) is 2.34. The average molecular weight is 252 g/mol. The van der Waals surface area contributed by atoms with Crippen molar-refractivity contribution in [3.8, 4) is 6.07 Å². The van der Waals surface area contributed by atoms with Crippen LogP contribution in [0.1, 0.15) is 35.0 Å². The molecule has 18 heavy (non-hydrogen) atoms. The third-order valence-corrected chi connectivity index (χ3v) is 3.87. The Morgan fingerprint density at radius 2 is 2.11 bits per heavy atom. The summed E-state index contributed by atoms with van der Waals surface area (Å²) in [4.78, 5) is 4.57. The van der Waals surface area contributed by atoms with E-state index in [4.69, 9.17) is 0 Å². The highest BCUT2D eigenvalue weighted by Gasteiger charge is 2.26. The lowest BCUT2D eigenvalue weighted by atomic mass is 10.1. The van der Waals surface area contributed by atoms with Crippen LogP contribution in [0.15, 0.2) is 35.7 Å². The van der Waals surface area contributed by atoms with Gasteiger partial charge in [-0.3, -0.25) is 0 Å². The van der Waals surface area contributed by atoms with Gasteiger partial charge in [0.1, 0.15) is 11.1 Å². The molecule has 2 nitrogen and oxygen atoms in total. The molecule has 3 rings (SSSR count). The summed E-state index contributed by atoms with van der Waals surface area (Å²) < 4.78 is 0. The third-order valence-electron chi connectivity index (χ3n) is 2.98. The fourth-order valence-corrected chi connectivity index (χ4v) is 2.70. The molecular formula is C15H12N2S. The monoisotopic (exact) mass is 252 g/mol.